The number of nitrogens with one attached hydrogen (secondary N) is 1. The molecule has 0 bridgehead atoms. The van der Waals surface area contributed by atoms with Crippen LogP contribution in [0.5, 0.6) is 5.75 Å². The fourth-order valence-corrected chi connectivity index (χ4v) is 3.44. The summed E-state index contributed by atoms with van der Waals surface area (Å²) in [7, 11) is 1.69. The molecular formula is C19H23N5O. The zero-order chi connectivity index (χ0) is 17.1. The van der Waals surface area contributed by atoms with Crippen LogP contribution in [0.2, 0.25) is 0 Å². The molecule has 0 saturated carbocycles. The van der Waals surface area contributed by atoms with Crippen LogP contribution in [0.15, 0.2) is 42.7 Å². The van der Waals surface area contributed by atoms with Crippen LogP contribution in [-0.2, 0) is 19.5 Å². The molecule has 0 aliphatic carbocycles. The predicted octanol–water partition coefficient (Wildman–Crippen LogP) is 2.73. The van der Waals surface area contributed by atoms with E-state index in [1.54, 1.807) is 7.11 Å². The van der Waals surface area contributed by atoms with Gasteiger partial charge in [0.25, 0.3) is 0 Å². The number of benzene rings is 1. The van der Waals surface area contributed by atoms with E-state index < -0.39 is 0 Å². The van der Waals surface area contributed by atoms with Crippen molar-refractivity contribution in [3.05, 3.63) is 54.0 Å². The van der Waals surface area contributed by atoms with Crippen LogP contribution in [0, 0.1) is 0 Å². The van der Waals surface area contributed by atoms with Crippen LogP contribution in [0.1, 0.15) is 17.7 Å². The molecule has 0 fully saturated rings. The molecule has 130 valence electrons. The lowest BCUT2D eigenvalue weighted by atomic mass is 10.0. The van der Waals surface area contributed by atoms with Gasteiger partial charge >= 0.3 is 0 Å². The molecular weight excluding hydrogens is 314 g/mol. The number of aromatic amines is 1. The number of rotatable bonds is 6. The number of methoxy groups -OCH3 is 1. The average molecular weight is 337 g/mol. The molecule has 1 N–H and O–H groups in total. The molecule has 0 atom stereocenters. The van der Waals surface area contributed by atoms with Gasteiger partial charge in [0, 0.05) is 61.8 Å². The fraction of sp³-hybridized carbons (Fsp3) is 0.368. The molecule has 4 rings (SSSR count). The van der Waals surface area contributed by atoms with Gasteiger partial charge in [0.1, 0.15) is 5.75 Å². The Bertz CT molecular complexity index is 824. The highest BCUT2D eigenvalue weighted by Crippen LogP contribution is 2.30. The molecule has 1 aliphatic rings. The lowest BCUT2D eigenvalue weighted by Gasteiger charge is -2.27. The number of aryl methyl sites for hydroxylation is 1. The maximum absolute atomic E-state index is 5.35. The topological polar surface area (TPSA) is 59.0 Å². The maximum Gasteiger partial charge on any atom is 0.119 e. The van der Waals surface area contributed by atoms with Crippen molar-refractivity contribution >= 4 is 0 Å². The Kier molecular flexibility index (Phi) is 4.52. The SMILES string of the molecule is COc1cccc(-c2n[nH]c3c2CN(CCCn2cccn2)CC3)c1. The molecule has 6 heteroatoms. The zero-order valence-corrected chi connectivity index (χ0v) is 14.5. The second-order valence-electron chi connectivity index (χ2n) is 6.41. The molecule has 3 heterocycles. The molecule has 0 spiro atoms. The molecule has 25 heavy (non-hydrogen) atoms. The van der Waals surface area contributed by atoms with E-state index in [9.17, 15) is 0 Å². The van der Waals surface area contributed by atoms with Crippen molar-refractivity contribution < 1.29 is 4.74 Å². The van der Waals surface area contributed by atoms with Crippen molar-refractivity contribution in [3.8, 4) is 17.0 Å². The fourth-order valence-electron chi connectivity index (χ4n) is 3.44. The van der Waals surface area contributed by atoms with Gasteiger partial charge in [-0.1, -0.05) is 12.1 Å². The van der Waals surface area contributed by atoms with Gasteiger partial charge in [0.15, 0.2) is 0 Å². The lowest BCUT2D eigenvalue weighted by Crippen LogP contribution is -2.31. The number of fused-ring (bicyclic) bond motifs is 1. The van der Waals surface area contributed by atoms with Crippen molar-refractivity contribution in [1.29, 1.82) is 0 Å². The van der Waals surface area contributed by atoms with Gasteiger partial charge < -0.3 is 4.74 Å². The molecule has 0 amide bonds. The Balaban J connectivity index is 1.45. The van der Waals surface area contributed by atoms with Crippen molar-refractivity contribution in [3.63, 3.8) is 0 Å². The Hall–Kier alpha value is -2.60. The molecule has 1 aliphatic heterocycles. The van der Waals surface area contributed by atoms with Crippen LogP contribution in [0.4, 0.5) is 0 Å². The first kappa shape index (κ1) is 15.9. The molecule has 6 nitrogen and oxygen atoms in total. The normalized spacial score (nSPS) is 14.4. The van der Waals surface area contributed by atoms with E-state index in [0.717, 1.165) is 56.0 Å². The Morgan fingerprint density at radius 2 is 2.20 bits per heavy atom. The third-order valence-electron chi connectivity index (χ3n) is 4.78. The van der Waals surface area contributed by atoms with Crippen molar-refractivity contribution in [2.45, 2.75) is 25.9 Å². The summed E-state index contributed by atoms with van der Waals surface area (Å²) in [5.41, 5.74) is 4.74. The summed E-state index contributed by atoms with van der Waals surface area (Å²) in [6.45, 7) is 4.05. The third-order valence-corrected chi connectivity index (χ3v) is 4.78. The predicted molar refractivity (Wildman–Crippen MR) is 96.4 cm³/mol. The summed E-state index contributed by atoms with van der Waals surface area (Å²) < 4.78 is 7.34. The summed E-state index contributed by atoms with van der Waals surface area (Å²) in [6.07, 6.45) is 5.97. The van der Waals surface area contributed by atoms with Crippen LogP contribution in [0.3, 0.4) is 0 Å². The Labute approximate surface area is 147 Å². The number of aromatic nitrogens is 4. The van der Waals surface area contributed by atoms with E-state index in [4.69, 9.17) is 4.74 Å². The van der Waals surface area contributed by atoms with E-state index in [2.05, 4.69) is 26.3 Å². The van der Waals surface area contributed by atoms with E-state index in [1.165, 1.54) is 11.3 Å². The second-order valence-corrected chi connectivity index (χ2v) is 6.41. The molecule has 1 aromatic carbocycles. The van der Waals surface area contributed by atoms with E-state index in [0.29, 0.717) is 0 Å². The minimum atomic E-state index is 0.862. The van der Waals surface area contributed by atoms with Crippen LogP contribution in [-0.4, -0.2) is 45.1 Å². The van der Waals surface area contributed by atoms with E-state index in [1.807, 2.05) is 41.3 Å². The standard InChI is InChI=1S/C19H23N5O/c1-25-16-6-2-5-15(13-16)19-17-14-23(12-7-18(17)21-22-19)9-4-11-24-10-3-8-20-24/h2-3,5-6,8,10,13H,4,7,9,11-12,14H2,1H3,(H,21,22). The third kappa shape index (κ3) is 3.44. The Morgan fingerprint density at radius 3 is 3.04 bits per heavy atom. The second kappa shape index (κ2) is 7.11. The first-order valence-corrected chi connectivity index (χ1v) is 8.74. The first-order valence-electron chi connectivity index (χ1n) is 8.74. The van der Waals surface area contributed by atoms with Gasteiger partial charge in [-0.05, 0) is 24.6 Å². The largest absolute Gasteiger partial charge is 0.497 e. The van der Waals surface area contributed by atoms with Gasteiger partial charge in [0.05, 0.1) is 12.8 Å². The summed E-state index contributed by atoms with van der Waals surface area (Å²) in [4.78, 5) is 2.50. The monoisotopic (exact) mass is 337 g/mol. The van der Waals surface area contributed by atoms with E-state index in [-0.39, 0.29) is 0 Å². The van der Waals surface area contributed by atoms with Crippen molar-refractivity contribution in [1.82, 2.24) is 24.9 Å². The van der Waals surface area contributed by atoms with Crippen LogP contribution < -0.4 is 4.74 Å². The molecule has 3 aromatic rings. The number of hydrogen-bond donors (Lipinski definition) is 1. The number of H-pyrrole nitrogens is 1. The quantitative estimate of drug-likeness (QED) is 0.751. The molecule has 2 aromatic heterocycles. The lowest BCUT2D eigenvalue weighted by molar-refractivity contribution is 0.244. The minimum absolute atomic E-state index is 0.862. The number of nitrogens with zero attached hydrogens (tertiary/aromatic N) is 4. The summed E-state index contributed by atoms with van der Waals surface area (Å²) in [5, 5.41) is 12.1. The summed E-state index contributed by atoms with van der Waals surface area (Å²) >= 11 is 0. The van der Waals surface area contributed by atoms with Gasteiger partial charge in [-0.2, -0.15) is 10.2 Å². The van der Waals surface area contributed by atoms with E-state index >= 15 is 0 Å². The van der Waals surface area contributed by atoms with Crippen molar-refractivity contribution in [2.75, 3.05) is 20.2 Å². The van der Waals surface area contributed by atoms with Crippen LogP contribution >= 0.6 is 0 Å². The highest BCUT2D eigenvalue weighted by molar-refractivity contribution is 5.65. The van der Waals surface area contributed by atoms with Crippen LogP contribution in [0.25, 0.3) is 11.3 Å². The van der Waals surface area contributed by atoms with Gasteiger partial charge in [-0.15, -0.1) is 0 Å². The molecule has 0 radical (unpaired) electrons. The van der Waals surface area contributed by atoms with Gasteiger partial charge in [-0.25, -0.2) is 0 Å². The van der Waals surface area contributed by atoms with Gasteiger partial charge in [0.2, 0.25) is 0 Å². The molecule has 0 saturated heterocycles. The average Bonchev–Trinajstić information content (AvgIpc) is 3.31. The van der Waals surface area contributed by atoms with Gasteiger partial charge in [-0.3, -0.25) is 14.7 Å². The number of ether oxygens (including phenoxy) is 1. The molecule has 0 unspecified atom stereocenters. The highest BCUT2D eigenvalue weighted by atomic mass is 16.5. The summed E-state index contributed by atoms with van der Waals surface area (Å²) in [5.74, 6) is 0.862. The maximum atomic E-state index is 5.35. The highest BCUT2D eigenvalue weighted by Gasteiger charge is 2.22. The number of hydrogen-bond acceptors (Lipinski definition) is 4. The summed E-state index contributed by atoms with van der Waals surface area (Å²) in [6, 6.07) is 10.1. The Morgan fingerprint density at radius 1 is 1.24 bits per heavy atom. The zero-order valence-electron chi connectivity index (χ0n) is 14.5. The smallest absolute Gasteiger partial charge is 0.119 e. The van der Waals surface area contributed by atoms with Crippen molar-refractivity contribution in [2.24, 2.45) is 0 Å². The first-order chi connectivity index (χ1) is 12.3. The minimum Gasteiger partial charge on any atom is -0.497 e.